The van der Waals surface area contributed by atoms with Crippen LogP contribution in [0.1, 0.15) is 18.3 Å². The van der Waals surface area contributed by atoms with E-state index in [9.17, 15) is 13.6 Å². The number of amides is 1. The number of hydrogen-bond donors (Lipinski definition) is 1. The van der Waals surface area contributed by atoms with Gasteiger partial charge in [-0.25, -0.2) is 13.8 Å². The lowest BCUT2D eigenvalue weighted by Gasteiger charge is -2.30. The molecule has 0 saturated heterocycles. The molecule has 0 aliphatic carbocycles. The van der Waals surface area contributed by atoms with Crippen molar-refractivity contribution in [3.8, 4) is 11.3 Å². The molecule has 1 unspecified atom stereocenters. The van der Waals surface area contributed by atoms with Crippen molar-refractivity contribution in [1.82, 2.24) is 14.5 Å². The van der Waals surface area contributed by atoms with E-state index in [1.54, 1.807) is 36.4 Å². The molecule has 3 aromatic carbocycles. The maximum atomic E-state index is 13.6. The Labute approximate surface area is 213 Å². The summed E-state index contributed by atoms with van der Waals surface area (Å²) in [4.78, 5) is 19.9. The summed E-state index contributed by atoms with van der Waals surface area (Å²) in [5, 5.41) is 4.08. The molecule has 1 amide bonds. The molecule has 0 radical (unpaired) electrons. The minimum Gasteiger partial charge on any atom is -0.340 e. The highest BCUT2D eigenvalue weighted by molar-refractivity contribution is 6.30. The van der Waals surface area contributed by atoms with Crippen LogP contribution in [-0.2, 0) is 24.3 Å². The molecule has 0 spiro atoms. The molecular weight excluding hydrogens is 482 g/mol. The molecule has 1 N–H and O–H groups in total. The largest absolute Gasteiger partial charge is 0.340 e. The Bertz CT molecular complexity index is 1370. The highest BCUT2D eigenvalue weighted by Gasteiger charge is 2.29. The van der Waals surface area contributed by atoms with Crippen LogP contribution in [0.25, 0.3) is 11.3 Å². The van der Waals surface area contributed by atoms with Crippen LogP contribution in [0.4, 0.5) is 20.3 Å². The fraction of sp³-hybridized carbons (Fsp3) is 0.214. The quantitative estimate of drug-likeness (QED) is 0.327. The van der Waals surface area contributed by atoms with Crippen LogP contribution in [-0.4, -0.2) is 26.9 Å². The van der Waals surface area contributed by atoms with Crippen LogP contribution in [0.5, 0.6) is 0 Å². The van der Waals surface area contributed by atoms with Crippen molar-refractivity contribution in [3.05, 3.63) is 101 Å². The van der Waals surface area contributed by atoms with E-state index < -0.39 is 0 Å². The van der Waals surface area contributed by atoms with Gasteiger partial charge >= 0.3 is 0 Å². The molecule has 36 heavy (non-hydrogen) atoms. The molecule has 1 aliphatic heterocycles. The third-order valence-corrected chi connectivity index (χ3v) is 6.64. The summed E-state index contributed by atoms with van der Waals surface area (Å²) in [5.74, 6) is 0.705. The first-order chi connectivity index (χ1) is 17.4. The molecule has 4 aromatic rings. The highest BCUT2D eigenvalue weighted by Crippen LogP contribution is 2.34. The van der Waals surface area contributed by atoms with Crippen LogP contribution in [0.2, 0.25) is 5.02 Å². The molecule has 5 rings (SSSR count). The van der Waals surface area contributed by atoms with Crippen molar-refractivity contribution >= 4 is 29.0 Å². The van der Waals surface area contributed by atoms with Crippen molar-refractivity contribution in [2.45, 2.75) is 26.4 Å². The van der Waals surface area contributed by atoms with Crippen molar-refractivity contribution in [3.63, 3.8) is 0 Å². The summed E-state index contributed by atoms with van der Waals surface area (Å²) in [6, 6.07) is 19.8. The molecule has 1 atom stereocenters. The second-order valence-corrected chi connectivity index (χ2v) is 9.44. The van der Waals surface area contributed by atoms with Crippen LogP contribution in [0.15, 0.2) is 72.8 Å². The van der Waals surface area contributed by atoms with Gasteiger partial charge in [-0.2, -0.15) is 0 Å². The number of nitrogens with one attached hydrogen (secondary N) is 1. The molecule has 0 bridgehead atoms. The minimum absolute atomic E-state index is 0.0316. The predicted octanol–water partition coefficient (Wildman–Crippen LogP) is 6.45. The Balaban J connectivity index is 1.41. The third-order valence-electron chi connectivity index (χ3n) is 6.39. The third kappa shape index (κ3) is 5.11. The molecule has 1 aromatic heterocycles. The zero-order valence-corrected chi connectivity index (χ0v) is 20.5. The molecule has 0 fully saturated rings. The summed E-state index contributed by atoms with van der Waals surface area (Å²) < 4.78 is 28.9. The van der Waals surface area contributed by atoms with E-state index in [0.29, 0.717) is 36.8 Å². The van der Waals surface area contributed by atoms with Gasteiger partial charge in [0.05, 0.1) is 6.54 Å². The van der Waals surface area contributed by atoms with Gasteiger partial charge < -0.3 is 14.8 Å². The van der Waals surface area contributed by atoms with Crippen LogP contribution in [0.3, 0.4) is 0 Å². The van der Waals surface area contributed by atoms with E-state index in [0.717, 1.165) is 28.5 Å². The zero-order chi connectivity index (χ0) is 25.2. The van der Waals surface area contributed by atoms with Crippen LogP contribution >= 0.6 is 11.6 Å². The number of anilines is 2. The average molecular weight is 507 g/mol. The van der Waals surface area contributed by atoms with Gasteiger partial charge in [0.1, 0.15) is 29.0 Å². The number of fused-ring (bicyclic) bond motifs is 1. The number of carbonyl (C=O) groups excluding carboxylic acids is 1. The summed E-state index contributed by atoms with van der Waals surface area (Å²) in [5.41, 5.74) is 3.23. The smallest absolute Gasteiger partial charge is 0.226 e. The molecule has 8 heteroatoms. The monoisotopic (exact) mass is 506 g/mol. The molecule has 2 heterocycles. The lowest BCUT2D eigenvalue weighted by molar-refractivity contribution is -0.136. The van der Waals surface area contributed by atoms with Gasteiger partial charge in [-0.3, -0.25) is 4.79 Å². The van der Waals surface area contributed by atoms with Crippen molar-refractivity contribution in [2.24, 2.45) is 5.92 Å². The molecule has 184 valence electrons. The van der Waals surface area contributed by atoms with Crippen molar-refractivity contribution < 1.29 is 13.6 Å². The van der Waals surface area contributed by atoms with Gasteiger partial charge in [0.2, 0.25) is 5.91 Å². The van der Waals surface area contributed by atoms with Crippen LogP contribution < -0.4 is 5.32 Å². The Morgan fingerprint density at radius 2 is 1.61 bits per heavy atom. The normalized spacial score (nSPS) is 13.8. The molecule has 0 saturated carbocycles. The Hall–Kier alpha value is -3.71. The lowest BCUT2D eigenvalue weighted by Crippen LogP contribution is -2.41. The van der Waals surface area contributed by atoms with Gasteiger partial charge in [-0.15, -0.1) is 0 Å². The summed E-state index contributed by atoms with van der Waals surface area (Å²) >= 11 is 6.05. The molecule has 5 nitrogen and oxygen atoms in total. The number of nitrogens with zero attached hydrogens (tertiary/aromatic N) is 3. The second kappa shape index (κ2) is 10.1. The number of hydrogen-bond acceptors (Lipinski definition) is 3. The van der Waals surface area contributed by atoms with E-state index in [-0.39, 0.29) is 23.5 Å². The summed E-state index contributed by atoms with van der Waals surface area (Å²) in [6.45, 7) is 3.36. The maximum absolute atomic E-state index is 13.6. The van der Waals surface area contributed by atoms with Gasteiger partial charge in [0.25, 0.3) is 0 Å². The number of imidazole rings is 1. The van der Waals surface area contributed by atoms with Crippen molar-refractivity contribution in [1.29, 1.82) is 0 Å². The fourth-order valence-corrected chi connectivity index (χ4v) is 4.62. The standard InChI is InChI=1S/C28H25ClF2N4O/c1-18(16-19-2-8-22(30)9-3-19)28(36)34-14-15-35-25(17-34)33-26(20-4-10-23(31)11-5-20)27(35)32-24-12-6-21(29)7-13-24/h2-13,18,32H,14-17H2,1H3. The summed E-state index contributed by atoms with van der Waals surface area (Å²) in [7, 11) is 0. The van der Waals surface area contributed by atoms with E-state index in [1.165, 1.54) is 24.3 Å². The van der Waals surface area contributed by atoms with Crippen LogP contribution in [0, 0.1) is 17.6 Å². The predicted molar refractivity (Wildman–Crippen MR) is 137 cm³/mol. The van der Waals surface area contributed by atoms with E-state index in [1.807, 2.05) is 24.0 Å². The highest BCUT2D eigenvalue weighted by atomic mass is 35.5. The summed E-state index contributed by atoms with van der Waals surface area (Å²) in [6.07, 6.45) is 0.536. The number of carbonyl (C=O) groups is 1. The molecule has 1 aliphatic rings. The first kappa shape index (κ1) is 24.0. The Kier molecular flexibility index (Phi) is 6.74. The first-order valence-electron chi connectivity index (χ1n) is 11.8. The van der Waals surface area contributed by atoms with Gasteiger partial charge in [-0.05, 0) is 72.6 Å². The fourth-order valence-electron chi connectivity index (χ4n) is 4.50. The average Bonchev–Trinajstić information content (AvgIpc) is 3.24. The first-order valence-corrected chi connectivity index (χ1v) is 12.2. The van der Waals surface area contributed by atoms with E-state index in [4.69, 9.17) is 16.6 Å². The number of rotatable bonds is 6. The van der Waals surface area contributed by atoms with Gasteiger partial charge in [-0.1, -0.05) is 30.7 Å². The number of benzene rings is 3. The maximum Gasteiger partial charge on any atom is 0.226 e. The minimum atomic E-state index is -0.318. The Morgan fingerprint density at radius 1 is 0.972 bits per heavy atom. The lowest BCUT2D eigenvalue weighted by atomic mass is 9.99. The van der Waals surface area contributed by atoms with E-state index >= 15 is 0 Å². The van der Waals surface area contributed by atoms with Crippen molar-refractivity contribution in [2.75, 3.05) is 11.9 Å². The second-order valence-electron chi connectivity index (χ2n) is 9.01. The number of aromatic nitrogens is 2. The number of halogens is 3. The Morgan fingerprint density at radius 3 is 2.28 bits per heavy atom. The SMILES string of the molecule is CC(Cc1ccc(F)cc1)C(=O)N1CCn2c(nc(-c3ccc(F)cc3)c2Nc2ccc(Cl)cc2)C1. The van der Waals surface area contributed by atoms with E-state index in [2.05, 4.69) is 9.88 Å². The van der Waals surface area contributed by atoms with Gasteiger partial charge in [0.15, 0.2) is 0 Å². The topological polar surface area (TPSA) is 50.2 Å². The molecular formula is C28H25ClF2N4O. The zero-order valence-electron chi connectivity index (χ0n) is 19.7. The van der Waals surface area contributed by atoms with Gasteiger partial charge in [0, 0.05) is 35.3 Å².